The Morgan fingerprint density at radius 2 is 1.77 bits per heavy atom. The summed E-state index contributed by atoms with van der Waals surface area (Å²) in [5.74, 6) is -0.0706. The summed E-state index contributed by atoms with van der Waals surface area (Å²) in [5, 5.41) is 8.93. The molecule has 1 unspecified atom stereocenters. The monoisotopic (exact) mass is 412 g/mol. The van der Waals surface area contributed by atoms with Crippen molar-refractivity contribution in [1.29, 1.82) is 0 Å². The summed E-state index contributed by atoms with van der Waals surface area (Å²) in [6.45, 7) is 8.33. The van der Waals surface area contributed by atoms with E-state index in [1.54, 1.807) is 0 Å². The molecule has 0 spiro atoms. The molecule has 2 aromatic heterocycles. The normalized spacial score (nSPS) is 12.3. The van der Waals surface area contributed by atoms with E-state index in [2.05, 4.69) is 49.5 Å². The predicted molar refractivity (Wildman–Crippen MR) is 125 cm³/mol. The molecule has 1 atom stereocenters. The van der Waals surface area contributed by atoms with E-state index in [1.165, 1.54) is 0 Å². The van der Waals surface area contributed by atoms with E-state index in [9.17, 15) is 4.79 Å². The van der Waals surface area contributed by atoms with Crippen molar-refractivity contribution in [2.24, 2.45) is 0 Å². The van der Waals surface area contributed by atoms with Gasteiger partial charge in [-0.1, -0.05) is 43.3 Å². The molecule has 0 saturated carbocycles. The maximum Gasteiger partial charge on any atom is 0.251 e. The molecular weight excluding hydrogens is 384 g/mol. The number of pyridine rings is 1. The van der Waals surface area contributed by atoms with Crippen molar-refractivity contribution in [3.05, 3.63) is 83.7 Å². The number of rotatable bonds is 6. The second-order valence-corrected chi connectivity index (χ2v) is 8.12. The molecule has 0 saturated heterocycles. The first-order valence-corrected chi connectivity index (χ1v) is 10.8. The van der Waals surface area contributed by atoms with Crippen LogP contribution >= 0.6 is 0 Å². The molecule has 31 heavy (non-hydrogen) atoms. The maximum absolute atomic E-state index is 12.9. The van der Waals surface area contributed by atoms with Gasteiger partial charge in [-0.3, -0.25) is 9.48 Å². The highest BCUT2D eigenvalue weighted by Crippen LogP contribution is 2.31. The molecule has 0 fully saturated rings. The lowest BCUT2D eigenvalue weighted by Crippen LogP contribution is -2.28. The first kappa shape index (κ1) is 20.8. The lowest BCUT2D eigenvalue weighted by atomic mass is 9.97. The zero-order valence-corrected chi connectivity index (χ0v) is 18.5. The van der Waals surface area contributed by atoms with Crippen molar-refractivity contribution in [3.8, 4) is 11.3 Å². The zero-order chi connectivity index (χ0) is 22.0. The zero-order valence-electron chi connectivity index (χ0n) is 18.5. The lowest BCUT2D eigenvalue weighted by Gasteiger charge is -2.20. The number of aromatic nitrogens is 3. The van der Waals surface area contributed by atoms with Gasteiger partial charge in [0.25, 0.3) is 5.91 Å². The van der Waals surface area contributed by atoms with Gasteiger partial charge in [-0.15, -0.1) is 0 Å². The molecule has 1 N–H and O–H groups in total. The van der Waals surface area contributed by atoms with Crippen molar-refractivity contribution in [2.45, 2.75) is 46.2 Å². The number of nitrogens with one attached hydrogen (secondary N) is 1. The van der Waals surface area contributed by atoms with Crippen molar-refractivity contribution < 1.29 is 4.79 Å². The Morgan fingerprint density at radius 3 is 2.45 bits per heavy atom. The van der Waals surface area contributed by atoms with Crippen LogP contribution in [0.5, 0.6) is 0 Å². The van der Waals surface area contributed by atoms with Gasteiger partial charge in [-0.25, -0.2) is 4.98 Å². The van der Waals surface area contributed by atoms with Gasteiger partial charge in [-0.2, -0.15) is 5.10 Å². The molecule has 0 aliphatic rings. The first-order valence-electron chi connectivity index (χ1n) is 10.8. The van der Waals surface area contributed by atoms with E-state index in [1.807, 2.05) is 60.1 Å². The van der Waals surface area contributed by atoms with Gasteiger partial charge in [0.1, 0.15) is 0 Å². The van der Waals surface area contributed by atoms with Gasteiger partial charge < -0.3 is 5.32 Å². The summed E-state index contributed by atoms with van der Waals surface area (Å²) < 4.78 is 1.97. The van der Waals surface area contributed by atoms with Gasteiger partial charge >= 0.3 is 0 Å². The SMILES string of the molecule is CCC(NC(=O)c1ccccc1)c1cc(-c2cn(C(C)C)nc2C)nc2ccccc12. The summed E-state index contributed by atoms with van der Waals surface area (Å²) in [6, 6.07) is 19.7. The number of carbonyl (C=O) groups is 1. The molecule has 1 amide bonds. The topological polar surface area (TPSA) is 59.8 Å². The minimum absolute atomic E-state index is 0.0706. The number of hydrogen-bond acceptors (Lipinski definition) is 3. The number of para-hydroxylation sites is 1. The van der Waals surface area contributed by atoms with Crippen LogP contribution in [0.2, 0.25) is 0 Å². The van der Waals surface area contributed by atoms with E-state index in [-0.39, 0.29) is 18.0 Å². The van der Waals surface area contributed by atoms with E-state index in [4.69, 9.17) is 4.98 Å². The summed E-state index contributed by atoms with van der Waals surface area (Å²) in [4.78, 5) is 17.8. The number of fused-ring (bicyclic) bond motifs is 1. The van der Waals surface area contributed by atoms with Gasteiger partial charge in [-0.05, 0) is 57.0 Å². The molecule has 0 radical (unpaired) electrons. The smallest absolute Gasteiger partial charge is 0.251 e. The standard InChI is InChI=1S/C26H28N4O/c1-5-23(28-26(31)19-11-7-6-8-12-19)21-15-25(27-24-14-10-9-13-20(21)24)22-16-30(17(2)3)29-18(22)4/h6-17,23H,5H2,1-4H3,(H,28,31). The van der Waals surface area contributed by atoms with Gasteiger partial charge in [0, 0.05) is 28.8 Å². The van der Waals surface area contributed by atoms with Gasteiger partial charge in [0.2, 0.25) is 0 Å². The Hall–Kier alpha value is -3.47. The maximum atomic E-state index is 12.9. The summed E-state index contributed by atoms with van der Waals surface area (Å²) in [6.07, 6.45) is 2.83. The van der Waals surface area contributed by atoms with Crippen LogP contribution in [-0.2, 0) is 0 Å². The van der Waals surface area contributed by atoms with Crippen LogP contribution in [0.4, 0.5) is 0 Å². The van der Waals surface area contributed by atoms with Crippen LogP contribution in [0, 0.1) is 6.92 Å². The molecule has 5 heteroatoms. The van der Waals surface area contributed by atoms with E-state index in [0.29, 0.717) is 5.56 Å². The molecule has 5 nitrogen and oxygen atoms in total. The van der Waals surface area contributed by atoms with Crippen LogP contribution < -0.4 is 5.32 Å². The third kappa shape index (κ3) is 4.22. The summed E-state index contributed by atoms with van der Waals surface area (Å²) in [5.41, 5.74) is 5.50. The highest BCUT2D eigenvalue weighted by Gasteiger charge is 2.20. The van der Waals surface area contributed by atoms with Crippen molar-refractivity contribution >= 4 is 16.8 Å². The highest BCUT2D eigenvalue weighted by molar-refractivity contribution is 5.95. The third-order valence-corrected chi connectivity index (χ3v) is 5.59. The number of aryl methyl sites for hydroxylation is 1. The van der Waals surface area contributed by atoms with Gasteiger partial charge in [0.15, 0.2) is 0 Å². The predicted octanol–water partition coefficient (Wildman–Crippen LogP) is 5.87. The van der Waals surface area contributed by atoms with Crippen LogP contribution in [0.1, 0.15) is 60.9 Å². The Kier molecular flexibility index (Phi) is 5.85. The van der Waals surface area contributed by atoms with Crippen molar-refractivity contribution in [2.75, 3.05) is 0 Å². The molecule has 0 bridgehead atoms. The first-order chi connectivity index (χ1) is 15.0. The molecule has 0 aliphatic heterocycles. The number of carbonyl (C=O) groups excluding carboxylic acids is 1. The minimum Gasteiger partial charge on any atom is -0.345 e. The minimum atomic E-state index is -0.125. The molecule has 0 aliphatic carbocycles. The second kappa shape index (κ2) is 8.72. The van der Waals surface area contributed by atoms with Crippen molar-refractivity contribution in [3.63, 3.8) is 0 Å². The van der Waals surface area contributed by atoms with Crippen LogP contribution in [0.15, 0.2) is 66.9 Å². The summed E-state index contributed by atoms with van der Waals surface area (Å²) >= 11 is 0. The number of hydrogen-bond donors (Lipinski definition) is 1. The van der Waals surface area contributed by atoms with Crippen LogP contribution in [0.25, 0.3) is 22.2 Å². The number of benzene rings is 2. The number of nitrogens with zero attached hydrogens (tertiary/aromatic N) is 3. The van der Waals surface area contributed by atoms with E-state index >= 15 is 0 Å². The quantitative estimate of drug-likeness (QED) is 0.431. The molecule has 4 rings (SSSR count). The highest BCUT2D eigenvalue weighted by atomic mass is 16.1. The Balaban J connectivity index is 1.80. The Morgan fingerprint density at radius 1 is 1.06 bits per heavy atom. The molecule has 4 aromatic rings. The fraction of sp³-hybridized carbons (Fsp3) is 0.269. The van der Waals surface area contributed by atoms with Crippen LogP contribution in [0.3, 0.4) is 0 Å². The molecule has 158 valence electrons. The molecule has 2 heterocycles. The average molecular weight is 413 g/mol. The fourth-order valence-corrected chi connectivity index (χ4v) is 3.86. The number of amides is 1. The Labute approximate surface area is 183 Å². The summed E-state index contributed by atoms with van der Waals surface area (Å²) in [7, 11) is 0. The van der Waals surface area contributed by atoms with E-state index in [0.717, 1.165) is 39.8 Å². The van der Waals surface area contributed by atoms with Gasteiger partial charge in [0.05, 0.1) is 22.9 Å². The molecular formula is C26H28N4O. The molecule has 2 aromatic carbocycles. The lowest BCUT2D eigenvalue weighted by molar-refractivity contribution is 0.0936. The van der Waals surface area contributed by atoms with E-state index < -0.39 is 0 Å². The van der Waals surface area contributed by atoms with Crippen molar-refractivity contribution in [1.82, 2.24) is 20.1 Å². The Bertz CT molecular complexity index is 1210. The second-order valence-electron chi connectivity index (χ2n) is 8.12. The fourth-order valence-electron chi connectivity index (χ4n) is 3.86. The van der Waals surface area contributed by atoms with Crippen LogP contribution in [-0.4, -0.2) is 20.7 Å². The largest absolute Gasteiger partial charge is 0.345 e. The average Bonchev–Trinajstić information content (AvgIpc) is 3.19. The third-order valence-electron chi connectivity index (χ3n) is 5.59.